The van der Waals surface area contributed by atoms with Crippen LogP contribution in [-0.4, -0.2) is 27.5 Å². The minimum absolute atomic E-state index is 0.115. The van der Waals surface area contributed by atoms with Gasteiger partial charge < -0.3 is 10.4 Å². The van der Waals surface area contributed by atoms with E-state index in [4.69, 9.17) is 11.6 Å². The summed E-state index contributed by atoms with van der Waals surface area (Å²) in [5.41, 5.74) is 0.735. The van der Waals surface area contributed by atoms with Gasteiger partial charge in [0.25, 0.3) is 0 Å². The number of nitrogens with one attached hydrogen (secondary N) is 1. The zero-order valence-electron chi connectivity index (χ0n) is 8.78. The van der Waals surface area contributed by atoms with E-state index >= 15 is 0 Å². The number of aliphatic hydroxyl groups excluding tert-OH is 1. The van der Waals surface area contributed by atoms with Gasteiger partial charge in [-0.2, -0.15) is 5.10 Å². The molecule has 1 saturated heterocycles. The van der Waals surface area contributed by atoms with Crippen molar-refractivity contribution in [2.24, 2.45) is 0 Å². The zero-order chi connectivity index (χ0) is 10.8. The van der Waals surface area contributed by atoms with E-state index in [2.05, 4.69) is 10.4 Å². The number of halogens is 1. The van der Waals surface area contributed by atoms with Crippen LogP contribution in [-0.2, 0) is 6.54 Å². The molecule has 15 heavy (non-hydrogen) atoms. The van der Waals surface area contributed by atoms with Gasteiger partial charge in [-0.25, -0.2) is 0 Å². The molecule has 0 bridgehead atoms. The summed E-state index contributed by atoms with van der Waals surface area (Å²) in [6, 6.07) is 0.115. The summed E-state index contributed by atoms with van der Waals surface area (Å²) in [5.74, 6) is 0. The average Bonchev–Trinajstić information content (AvgIpc) is 2.85. The van der Waals surface area contributed by atoms with E-state index in [0.29, 0.717) is 5.02 Å². The molecular weight excluding hydrogens is 214 g/mol. The first-order chi connectivity index (χ1) is 7.24. The van der Waals surface area contributed by atoms with E-state index in [0.717, 1.165) is 31.6 Å². The van der Waals surface area contributed by atoms with Crippen LogP contribution < -0.4 is 5.32 Å². The van der Waals surface area contributed by atoms with Gasteiger partial charge >= 0.3 is 0 Å². The van der Waals surface area contributed by atoms with Crippen LogP contribution >= 0.6 is 11.6 Å². The van der Waals surface area contributed by atoms with Gasteiger partial charge in [0, 0.05) is 12.6 Å². The van der Waals surface area contributed by atoms with Crippen molar-refractivity contribution in [1.29, 1.82) is 0 Å². The summed E-state index contributed by atoms with van der Waals surface area (Å²) in [6.07, 6.45) is 3.15. The highest BCUT2D eigenvalue weighted by Gasteiger charge is 2.28. The largest absolute Gasteiger partial charge is 0.385 e. The van der Waals surface area contributed by atoms with Crippen molar-refractivity contribution >= 4 is 11.6 Å². The van der Waals surface area contributed by atoms with Gasteiger partial charge in [0.05, 0.1) is 16.9 Å². The number of aliphatic hydroxyl groups is 1. The van der Waals surface area contributed by atoms with Crippen LogP contribution in [0.15, 0.2) is 6.20 Å². The Hall–Kier alpha value is -0.580. The fraction of sp³-hybridized carbons (Fsp3) is 0.700. The molecule has 5 heteroatoms. The number of hydrogen-bond acceptors (Lipinski definition) is 3. The van der Waals surface area contributed by atoms with Crippen molar-refractivity contribution in [3.63, 3.8) is 0 Å². The number of nitrogens with zero attached hydrogens (tertiary/aromatic N) is 2. The van der Waals surface area contributed by atoms with E-state index in [1.165, 1.54) is 0 Å². The van der Waals surface area contributed by atoms with Crippen molar-refractivity contribution in [2.45, 2.75) is 38.5 Å². The third-order valence-corrected chi connectivity index (χ3v) is 3.18. The quantitative estimate of drug-likeness (QED) is 0.823. The number of aromatic nitrogens is 2. The Morgan fingerprint density at radius 2 is 2.60 bits per heavy atom. The fourth-order valence-electron chi connectivity index (χ4n) is 2.09. The molecule has 1 fully saturated rings. The highest BCUT2D eigenvalue weighted by Crippen LogP contribution is 2.28. The lowest BCUT2D eigenvalue weighted by Gasteiger charge is -2.19. The Balaban J connectivity index is 2.22. The highest BCUT2D eigenvalue weighted by atomic mass is 35.5. The first-order valence-corrected chi connectivity index (χ1v) is 5.74. The summed E-state index contributed by atoms with van der Waals surface area (Å²) < 4.78 is 1.76. The first kappa shape index (κ1) is 10.9. The molecule has 1 aromatic rings. The summed E-state index contributed by atoms with van der Waals surface area (Å²) >= 11 is 6.03. The maximum atomic E-state index is 10.2. The van der Waals surface area contributed by atoms with Gasteiger partial charge in [-0.3, -0.25) is 4.68 Å². The summed E-state index contributed by atoms with van der Waals surface area (Å²) in [4.78, 5) is 0. The molecule has 0 aromatic carbocycles. The summed E-state index contributed by atoms with van der Waals surface area (Å²) in [6.45, 7) is 3.69. The monoisotopic (exact) mass is 229 g/mol. The average molecular weight is 230 g/mol. The topological polar surface area (TPSA) is 50.1 Å². The lowest BCUT2D eigenvalue weighted by molar-refractivity contribution is 0.128. The molecule has 0 saturated carbocycles. The predicted molar refractivity (Wildman–Crippen MR) is 58.9 cm³/mol. The van der Waals surface area contributed by atoms with Crippen LogP contribution in [0.4, 0.5) is 0 Å². The maximum Gasteiger partial charge on any atom is 0.112 e. The molecule has 2 rings (SSSR count). The molecule has 2 atom stereocenters. The Bertz CT molecular complexity index is 333. The predicted octanol–water partition coefficient (Wildman–Crippen LogP) is 1.34. The summed E-state index contributed by atoms with van der Waals surface area (Å²) in [7, 11) is 0. The van der Waals surface area contributed by atoms with Crippen molar-refractivity contribution in [2.75, 3.05) is 6.54 Å². The van der Waals surface area contributed by atoms with E-state index in [1.807, 2.05) is 6.92 Å². The maximum absolute atomic E-state index is 10.2. The Morgan fingerprint density at radius 1 is 1.80 bits per heavy atom. The van der Waals surface area contributed by atoms with Crippen LogP contribution in [0.5, 0.6) is 0 Å². The van der Waals surface area contributed by atoms with Crippen LogP contribution in [0, 0.1) is 0 Å². The minimum Gasteiger partial charge on any atom is -0.385 e. The van der Waals surface area contributed by atoms with Crippen molar-refractivity contribution in [3.8, 4) is 0 Å². The molecule has 0 spiro atoms. The SMILES string of the molecule is CCn1ncc(Cl)c1C(O)C1CCCN1. The highest BCUT2D eigenvalue weighted by molar-refractivity contribution is 6.31. The van der Waals surface area contributed by atoms with E-state index in [-0.39, 0.29) is 6.04 Å². The summed E-state index contributed by atoms with van der Waals surface area (Å²) in [5, 5.41) is 18.1. The van der Waals surface area contributed by atoms with Gasteiger partial charge in [-0.05, 0) is 26.3 Å². The van der Waals surface area contributed by atoms with Gasteiger partial charge in [0.15, 0.2) is 0 Å². The molecule has 2 heterocycles. The normalized spacial score (nSPS) is 23.3. The third-order valence-electron chi connectivity index (χ3n) is 2.89. The molecule has 84 valence electrons. The Morgan fingerprint density at radius 3 is 3.20 bits per heavy atom. The Kier molecular flexibility index (Phi) is 3.29. The fourth-order valence-corrected chi connectivity index (χ4v) is 2.34. The number of hydrogen-bond donors (Lipinski definition) is 2. The molecule has 1 aromatic heterocycles. The van der Waals surface area contributed by atoms with Gasteiger partial charge in [-0.1, -0.05) is 11.6 Å². The second kappa shape index (κ2) is 4.51. The molecule has 4 nitrogen and oxygen atoms in total. The Labute approximate surface area is 94.2 Å². The van der Waals surface area contributed by atoms with Crippen molar-refractivity contribution < 1.29 is 5.11 Å². The molecule has 0 radical (unpaired) electrons. The molecule has 1 aliphatic rings. The smallest absolute Gasteiger partial charge is 0.112 e. The van der Waals surface area contributed by atoms with E-state index in [1.54, 1.807) is 10.9 Å². The van der Waals surface area contributed by atoms with Gasteiger partial charge in [0.1, 0.15) is 6.10 Å². The van der Waals surface area contributed by atoms with Gasteiger partial charge in [0.2, 0.25) is 0 Å². The van der Waals surface area contributed by atoms with Crippen molar-refractivity contribution in [3.05, 3.63) is 16.9 Å². The molecule has 0 aliphatic carbocycles. The minimum atomic E-state index is -0.553. The van der Waals surface area contributed by atoms with Gasteiger partial charge in [-0.15, -0.1) is 0 Å². The molecular formula is C10H16ClN3O. The van der Waals surface area contributed by atoms with Crippen LogP contribution in [0.25, 0.3) is 0 Å². The van der Waals surface area contributed by atoms with Crippen LogP contribution in [0.1, 0.15) is 31.6 Å². The van der Waals surface area contributed by atoms with Crippen LogP contribution in [0.3, 0.4) is 0 Å². The molecule has 1 aliphatic heterocycles. The first-order valence-electron chi connectivity index (χ1n) is 5.36. The zero-order valence-corrected chi connectivity index (χ0v) is 9.54. The lowest BCUT2D eigenvalue weighted by atomic mass is 10.1. The lowest BCUT2D eigenvalue weighted by Crippen LogP contribution is -2.30. The molecule has 2 N–H and O–H groups in total. The molecule has 2 unspecified atom stereocenters. The number of aryl methyl sites for hydroxylation is 1. The molecule has 0 amide bonds. The van der Waals surface area contributed by atoms with E-state index < -0.39 is 6.10 Å². The standard InChI is InChI=1S/C10H16ClN3O/c1-2-14-9(7(11)6-13-14)10(15)8-4-3-5-12-8/h6,8,10,12,15H,2-5H2,1H3. The van der Waals surface area contributed by atoms with Crippen molar-refractivity contribution in [1.82, 2.24) is 15.1 Å². The van der Waals surface area contributed by atoms with E-state index in [9.17, 15) is 5.11 Å². The number of rotatable bonds is 3. The third kappa shape index (κ3) is 2.02. The second-order valence-electron chi connectivity index (χ2n) is 3.84. The second-order valence-corrected chi connectivity index (χ2v) is 4.25. The van der Waals surface area contributed by atoms with Crippen LogP contribution in [0.2, 0.25) is 5.02 Å².